The summed E-state index contributed by atoms with van der Waals surface area (Å²) in [7, 11) is 0. The molecule has 6 N–H and O–H groups in total. The third kappa shape index (κ3) is 13.8. The van der Waals surface area contributed by atoms with E-state index in [1.54, 1.807) is 0 Å². The van der Waals surface area contributed by atoms with Gasteiger partial charge in [-0.25, -0.2) is 0 Å². The molecule has 0 saturated heterocycles. The fraction of sp³-hybridized carbons (Fsp3) is 0.644. The minimum Gasteiger partial charge on any atom is -0.481 e. The van der Waals surface area contributed by atoms with Gasteiger partial charge in [0.2, 0.25) is 0 Å². The van der Waals surface area contributed by atoms with Crippen molar-refractivity contribution in [2.24, 2.45) is 10.8 Å². The van der Waals surface area contributed by atoms with E-state index in [1.165, 1.54) is 11.1 Å². The van der Waals surface area contributed by atoms with Crippen LogP contribution in [-0.2, 0) is 31.9 Å². The normalized spacial score (nSPS) is 25.1. The van der Waals surface area contributed by atoms with E-state index in [0.717, 1.165) is 75.3 Å². The molecule has 2 aromatic rings. The van der Waals surface area contributed by atoms with Gasteiger partial charge in [-0.05, 0) is 117 Å². The molecular formula is C45H66N2O10. The van der Waals surface area contributed by atoms with Gasteiger partial charge in [0.25, 0.3) is 0 Å². The van der Waals surface area contributed by atoms with E-state index in [0.29, 0.717) is 37.9 Å². The highest BCUT2D eigenvalue weighted by Gasteiger charge is 2.48. The van der Waals surface area contributed by atoms with E-state index < -0.39 is 30.6 Å². The number of benzene rings is 2. The molecule has 2 atom stereocenters. The number of carboxylic acid groups (broad SMARTS) is 2. The molecule has 0 heterocycles. The van der Waals surface area contributed by atoms with Gasteiger partial charge < -0.3 is 40.5 Å². The third-order valence-electron chi connectivity index (χ3n) is 11.4. The van der Waals surface area contributed by atoms with Crippen molar-refractivity contribution in [2.45, 2.75) is 148 Å². The minimum absolute atomic E-state index is 0.00393. The lowest BCUT2D eigenvalue weighted by atomic mass is 9.70. The van der Waals surface area contributed by atoms with Gasteiger partial charge in [0.15, 0.2) is 11.6 Å². The second-order valence-electron chi connectivity index (χ2n) is 18.5. The molecule has 4 aliphatic carbocycles. The summed E-state index contributed by atoms with van der Waals surface area (Å²) in [6.45, 7) is 14.3. The van der Waals surface area contributed by atoms with Crippen LogP contribution in [0.2, 0.25) is 0 Å². The van der Waals surface area contributed by atoms with Crippen molar-refractivity contribution in [3.63, 3.8) is 0 Å². The van der Waals surface area contributed by atoms with Crippen LogP contribution in [0.1, 0.15) is 131 Å². The predicted octanol–water partition coefficient (Wildman–Crippen LogP) is 5.79. The topological polar surface area (TPSA) is 192 Å². The highest BCUT2D eigenvalue weighted by molar-refractivity contribution is 6.05. The van der Waals surface area contributed by atoms with E-state index >= 15 is 0 Å². The molecular weight excluding hydrogens is 728 g/mol. The van der Waals surface area contributed by atoms with Gasteiger partial charge in [0, 0.05) is 46.1 Å². The minimum atomic E-state index is -1.31. The summed E-state index contributed by atoms with van der Waals surface area (Å²) in [4.78, 5) is 44.5. The number of carboxylic acids is 2. The van der Waals surface area contributed by atoms with Crippen molar-refractivity contribution in [1.82, 2.24) is 10.6 Å². The molecule has 0 bridgehead atoms. The van der Waals surface area contributed by atoms with Crippen LogP contribution >= 0.6 is 0 Å². The maximum Gasteiger partial charge on any atom is 0.314 e. The van der Waals surface area contributed by atoms with Gasteiger partial charge in [-0.2, -0.15) is 0 Å². The summed E-state index contributed by atoms with van der Waals surface area (Å²) >= 11 is 0. The van der Waals surface area contributed by atoms with E-state index in [1.807, 2.05) is 36.4 Å². The fourth-order valence-electron chi connectivity index (χ4n) is 8.27. The largest absolute Gasteiger partial charge is 0.481 e. The van der Waals surface area contributed by atoms with Crippen molar-refractivity contribution in [2.75, 3.05) is 26.3 Å². The van der Waals surface area contributed by atoms with Crippen molar-refractivity contribution < 1.29 is 49.1 Å². The number of rotatable bonds is 12. The first kappa shape index (κ1) is 46.2. The summed E-state index contributed by atoms with van der Waals surface area (Å²) in [6, 6.07) is 16.1. The number of aliphatic carboxylic acids is 2. The number of hydrogen-bond donors (Lipinski definition) is 6. The van der Waals surface area contributed by atoms with Crippen LogP contribution in [-0.4, -0.2) is 106 Å². The van der Waals surface area contributed by atoms with Crippen LogP contribution in [0, 0.1) is 10.8 Å². The fourth-order valence-corrected chi connectivity index (χ4v) is 8.27. The second kappa shape index (κ2) is 20.0. The number of nitrogens with one attached hydrogen (secondary N) is 2. The first-order valence-corrected chi connectivity index (χ1v) is 20.5. The van der Waals surface area contributed by atoms with Gasteiger partial charge in [0.05, 0.1) is 37.6 Å². The number of Topliss-reactive ketones (excluding diaryl/α,β-unsaturated/α-hetero) is 2. The molecule has 2 aromatic carbocycles. The Kier molecular flexibility index (Phi) is 16.2. The quantitative estimate of drug-likeness (QED) is 0.142. The first-order valence-electron chi connectivity index (χ1n) is 20.5. The molecule has 316 valence electrons. The molecule has 0 aromatic heterocycles. The lowest BCUT2D eigenvalue weighted by molar-refractivity contribution is -0.147. The smallest absolute Gasteiger partial charge is 0.314 e. The zero-order valence-electron chi connectivity index (χ0n) is 34.8. The van der Waals surface area contributed by atoms with Crippen LogP contribution in [0.25, 0.3) is 0 Å². The average Bonchev–Trinajstić information content (AvgIpc) is 3.57. The molecule has 2 spiro atoms. The van der Waals surface area contributed by atoms with Crippen LogP contribution in [0.5, 0.6) is 0 Å². The van der Waals surface area contributed by atoms with E-state index in [-0.39, 0.29) is 34.1 Å². The summed E-state index contributed by atoms with van der Waals surface area (Å²) in [6.07, 6.45) is 7.46. The number of aliphatic hydroxyl groups is 2. The average molecular weight is 795 g/mol. The number of carbonyl (C=O) groups is 4. The summed E-state index contributed by atoms with van der Waals surface area (Å²) < 4.78 is 11.8. The molecule has 12 heteroatoms. The lowest BCUT2D eigenvalue weighted by Gasteiger charge is -2.36. The van der Waals surface area contributed by atoms with E-state index in [9.17, 15) is 29.4 Å². The maximum absolute atomic E-state index is 12.8. The molecule has 12 nitrogen and oxygen atoms in total. The van der Waals surface area contributed by atoms with Crippen LogP contribution < -0.4 is 10.6 Å². The highest BCUT2D eigenvalue weighted by Crippen LogP contribution is 2.48. The molecule has 6 rings (SSSR count). The summed E-state index contributed by atoms with van der Waals surface area (Å²) in [5.74, 6) is -1.97. The Hall–Kier alpha value is -3.52. The Bertz CT molecular complexity index is 1540. The highest BCUT2D eigenvalue weighted by atomic mass is 16.5. The van der Waals surface area contributed by atoms with E-state index in [2.05, 4.69) is 64.3 Å². The van der Waals surface area contributed by atoms with Crippen LogP contribution in [0.3, 0.4) is 0 Å². The number of β-amino-alcohol motifs (C(OH)–C–C–N with tert-alkyl or cyclic N) is 2. The molecule has 2 unspecified atom stereocenters. The number of fused-ring (bicyclic) bond motifs is 2. The Balaban J connectivity index is 0.000000217. The molecule has 0 amide bonds. The summed E-state index contributed by atoms with van der Waals surface area (Å²) in [5, 5.41) is 42.1. The molecule has 2 fully saturated rings. The molecule has 0 radical (unpaired) electrons. The number of ketones is 2. The molecule has 4 aliphatic rings. The first-order chi connectivity index (χ1) is 26.7. The van der Waals surface area contributed by atoms with Gasteiger partial charge >= 0.3 is 11.9 Å². The van der Waals surface area contributed by atoms with Gasteiger partial charge in [0.1, 0.15) is 6.42 Å². The number of hydrogen-bond acceptors (Lipinski definition) is 10. The van der Waals surface area contributed by atoms with Crippen LogP contribution in [0.4, 0.5) is 0 Å². The van der Waals surface area contributed by atoms with Crippen molar-refractivity contribution in [1.29, 1.82) is 0 Å². The standard InChI is InChI=1S/2C21H31NO3.C3H4O4/c2*1-20(2,3)22-13-16(23)14-25-17-8-10-21(11-9-17)12-15-6-4-5-7-18(15)19(21)24;4-2(5)1-3(6)7/h2*4-7,16-17,22-23H,8-14H2,1-3H3;1H2,(H,4,5)(H,6,7). The summed E-state index contributed by atoms with van der Waals surface area (Å²) in [5.41, 5.74) is 3.85. The van der Waals surface area contributed by atoms with Crippen molar-refractivity contribution in [3.8, 4) is 0 Å². The van der Waals surface area contributed by atoms with Gasteiger partial charge in [-0.3, -0.25) is 19.2 Å². The second-order valence-corrected chi connectivity index (χ2v) is 18.5. The number of aliphatic hydroxyl groups excluding tert-OH is 2. The molecule has 2 saturated carbocycles. The van der Waals surface area contributed by atoms with Crippen LogP contribution in [0.15, 0.2) is 48.5 Å². The lowest BCUT2D eigenvalue weighted by Crippen LogP contribution is -2.43. The Morgan fingerprint density at radius 2 is 0.982 bits per heavy atom. The Morgan fingerprint density at radius 3 is 1.26 bits per heavy atom. The zero-order chi connectivity index (χ0) is 42.0. The van der Waals surface area contributed by atoms with Crippen molar-refractivity contribution in [3.05, 3.63) is 70.8 Å². The predicted molar refractivity (Wildman–Crippen MR) is 218 cm³/mol. The Morgan fingerprint density at radius 1 is 0.649 bits per heavy atom. The van der Waals surface area contributed by atoms with E-state index in [4.69, 9.17) is 19.7 Å². The number of ether oxygens (including phenoxy) is 2. The number of carbonyl (C=O) groups excluding carboxylic acids is 2. The Labute approximate surface area is 338 Å². The van der Waals surface area contributed by atoms with Gasteiger partial charge in [-0.15, -0.1) is 0 Å². The van der Waals surface area contributed by atoms with Crippen molar-refractivity contribution >= 4 is 23.5 Å². The third-order valence-corrected chi connectivity index (χ3v) is 11.4. The molecule has 0 aliphatic heterocycles. The van der Waals surface area contributed by atoms with Gasteiger partial charge in [-0.1, -0.05) is 48.5 Å². The molecule has 57 heavy (non-hydrogen) atoms. The maximum atomic E-state index is 12.8. The monoisotopic (exact) mass is 794 g/mol. The SMILES string of the molecule is CC(C)(C)NCC(O)COC1CCC2(CC1)Cc1ccccc1C2=O.CC(C)(C)NCC(O)COC1CCC2(CC1)Cc1ccccc1C2=O.O=C(O)CC(=O)O. The zero-order valence-corrected chi connectivity index (χ0v) is 34.8.